The molecule has 4 rings (SSSR count). The van der Waals surface area contributed by atoms with Gasteiger partial charge in [-0.25, -0.2) is 12.8 Å². The Morgan fingerprint density at radius 1 is 1.13 bits per heavy atom. The van der Waals surface area contributed by atoms with Gasteiger partial charge in [-0.15, -0.1) is 0 Å². The average Bonchev–Trinajstić information content (AvgIpc) is 3.35. The van der Waals surface area contributed by atoms with E-state index in [4.69, 9.17) is 0 Å². The van der Waals surface area contributed by atoms with Crippen molar-refractivity contribution >= 4 is 15.7 Å². The highest BCUT2D eigenvalue weighted by Gasteiger charge is 2.34. The fraction of sp³-hybridized carbons (Fsp3) is 0.273. The summed E-state index contributed by atoms with van der Waals surface area (Å²) in [5.74, 6) is -0.694. The first-order chi connectivity index (χ1) is 14.3. The van der Waals surface area contributed by atoms with E-state index in [1.54, 1.807) is 60.5 Å². The molecule has 0 saturated carbocycles. The topological polar surface area (TPSA) is 72.3 Å². The quantitative estimate of drug-likeness (QED) is 0.626. The van der Waals surface area contributed by atoms with Crippen LogP contribution in [0, 0.1) is 5.82 Å². The molecule has 1 atom stereocenters. The number of likely N-dealkylation sites (tertiary alicyclic amines) is 1. The van der Waals surface area contributed by atoms with Crippen molar-refractivity contribution < 1.29 is 17.6 Å². The van der Waals surface area contributed by atoms with Crippen LogP contribution in [0.3, 0.4) is 0 Å². The molecule has 0 bridgehead atoms. The summed E-state index contributed by atoms with van der Waals surface area (Å²) in [6, 6.07) is 15.5. The van der Waals surface area contributed by atoms with Crippen LogP contribution in [0.2, 0.25) is 0 Å². The summed E-state index contributed by atoms with van der Waals surface area (Å²) in [5.41, 5.74) is 1.64. The van der Waals surface area contributed by atoms with Gasteiger partial charge in [0.15, 0.2) is 9.84 Å². The van der Waals surface area contributed by atoms with E-state index in [9.17, 15) is 17.6 Å². The van der Waals surface area contributed by atoms with E-state index in [0.29, 0.717) is 29.9 Å². The van der Waals surface area contributed by atoms with Crippen molar-refractivity contribution in [2.24, 2.45) is 7.05 Å². The molecule has 2 aromatic carbocycles. The van der Waals surface area contributed by atoms with Gasteiger partial charge in [0.2, 0.25) is 0 Å². The van der Waals surface area contributed by atoms with E-state index in [1.165, 1.54) is 16.8 Å². The van der Waals surface area contributed by atoms with Gasteiger partial charge in [-0.05, 0) is 55.3 Å². The van der Waals surface area contributed by atoms with Gasteiger partial charge in [-0.1, -0.05) is 18.2 Å². The Balaban J connectivity index is 1.56. The van der Waals surface area contributed by atoms with Crippen LogP contribution in [0.1, 0.15) is 23.3 Å². The highest BCUT2D eigenvalue weighted by molar-refractivity contribution is 7.91. The van der Waals surface area contributed by atoms with E-state index in [2.05, 4.69) is 5.10 Å². The summed E-state index contributed by atoms with van der Waals surface area (Å²) in [6.45, 7) is 0.505. The van der Waals surface area contributed by atoms with Crippen LogP contribution in [-0.2, 0) is 16.9 Å². The highest BCUT2D eigenvalue weighted by Crippen LogP contribution is 2.26. The average molecular weight is 428 g/mol. The lowest BCUT2D eigenvalue weighted by molar-refractivity contribution is 0.0738. The summed E-state index contributed by atoms with van der Waals surface area (Å²) >= 11 is 0. The van der Waals surface area contributed by atoms with Crippen LogP contribution in [-0.4, -0.2) is 47.3 Å². The van der Waals surface area contributed by atoms with Crippen LogP contribution in [0.4, 0.5) is 4.39 Å². The maximum absolute atomic E-state index is 13.2. The Labute approximate surface area is 174 Å². The third-order valence-corrected chi connectivity index (χ3v) is 7.21. The summed E-state index contributed by atoms with van der Waals surface area (Å²) in [5, 5.41) is 4.38. The number of nitrogens with zero attached hydrogens (tertiary/aromatic N) is 3. The number of hydrogen-bond acceptors (Lipinski definition) is 4. The normalized spacial score (nSPS) is 16.7. The van der Waals surface area contributed by atoms with Crippen LogP contribution in [0.15, 0.2) is 65.6 Å². The fourth-order valence-electron chi connectivity index (χ4n) is 3.83. The second-order valence-electron chi connectivity index (χ2n) is 7.43. The summed E-state index contributed by atoms with van der Waals surface area (Å²) in [7, 11) is -1.82. The van der Waals surface area contributed by atoms with Crippen molar-refractivity contribution in [2.45, 2.75) is 23.8 Å². The summed E-state index contributed by atoms with van der Waals surface area (Å²) in [6.07, 6.45) is 1.39. The van der Waals surface area contributed by atoms with Crippen molar-refractivity contribution in [3.63, 3.8) is 0 Å². The lowest BCUT2D eigenvalue weighted by atomic mass is 10.1. The maximum atomic E-state index is 13.2. The Hall–Kier alpha value is -3.00. The molecule has 1 fully saturated rings. The molecule has 3 aromatic rings. The lowest BCUT2D eigenvalue weighted by Crippen LogP contribution is -2.40. The first-order valence-electron chi connectivity index (χ1n) is 9.74. The number of hydrogen-bond donors (Lipinski definition) is 0. The molecule has 1 amide bonds. The second kappa shape index (κ2) is 8.02. The highest BCUT2D eigenvalue weighted by atomic mass is 32.2. The van der Waals surface area contributed by atoms with Gasteiger partial charge in [0.1, 0.15) is 11.5 Å². The number of aromatic nitrogens is 2. The SMILES string of the molecule is Cn1nc(-c2ccc(F)cc2)cc1C(=O)N1CCC[C@H]1CS(=O)(=O)c1ccccc1. The first kappa shape index (κ1) is 20.3. The van der Waals surface area contributed by atoms with Gasteiger partial charge in [0, 0.05) is 25.2 Å². The smallest absolute Gasteiger partial charge is 0.272 e. The van der Waals surface area contributed by atoms with Crippen molar-refractivity contribution in [1.29, 1.82) is 0 Å². The number of carbonyl (C=O) groups excluding carboxylic acids is 1. The van der Waals surface area contributed by atoms with E-state index < -0.39 is 9.84 Å². The predicted molar refractivity (Wildman–Crippen MR) is 111 cm³/mol. The number of halogens is 1. The zero-order chi connectivity index (χ0) is 21.3. The number of rotatable bonds is 5. The van der Waals surface area contributed by atoms with Gasteiger partial charge in [0.05, 0.1) is 16.3 Å². The Morgan fingerprint density at radius 2 is 1.83 bits per heavy atom. The molecule has 156 valence electrons. The molecule has 8 heteroatoms. The number of benzene rings is 2. The van der Waals surface area contributed by atoms with Gasteiger partial charge in [-0.3, -0.25) is 9.48 Å². The molecule has 1 saturated heterocycles. The van der Waals surface area contributed by atoms with Crippen molar-refractivity contribution in [3.8, 4) is 11.3 Å². The number of sulfone groups is 1. The molecular formula is C22H22FN3O3S. The molecule has 0 radical (unpaired) electrons. The maximum Gasteiger partial charge on any atom is 0.272 e. The number of carbonyl (C=O) groups is 1. The minimum Gasteiger partial charge on any atom is -0.333 e. The number of amides is 1. The molecule has 1 aromatic heterocycles. The zero-order valence-electron chi connectivity index (χ0n) is 16.5. The van der Waals surface area contributed by atoms with E-state index >= 15 is 0 Å². The number of aryl methyl sites for hydroxylation is 1. The molecule has 0 spiro atoms. The fourth-order valence-corrected chi connectivity index (χ4v) is 5.45. The van der Waals surface area contributed by atoms with Crippen LogP contribution < -0.4 is 0 Å². The Bertz CT molecular complexity index is 1160. The monoisotopic (exact) mass is 427 g/mol. The lowest BCUT2D eigenvalue weighted by Gasteiger charge is -2.24. The van der Waals surface area contributed by atoms with Gasteiger partial charge in [-0.2, -0.15) is 5.10 Å². The summed E-state index contributed by atoms with van der Waals surface area (Å²) in [4.78, 5) is 15.1. The van der Waals surface area contributed by atoms with Crippen molar-refractivity contribution in [2.75, 3.05) is 12.3 Å². The molecule has 6 nitrogen and oxygen atoms in total. The zero-order valence-corrected chi connectivity index (χ0v) is 17.3. The molecule has 30 heavy (non-hydrogen) atoms. The van der Waals surface area contributed by atoms with E-state index in [-0.39, 0.29) is 28.4 Å². The third-order valence-electron chi connectivity index (χ3n) is 5.39. The molecule has 0 unspecified atom stereocenters. The van der Waals surface area contributed by atoms with Crippen LogP contribution >= 0.6 is 0 Å². The standard InChI is InChI=1S/C22H22FN3O3S/c1-25-21(14-20(24-25)16-9-11-17(23)12-10-16)22(27)26-13-5-6-18(26)15-30(28,29)19-7-3-2-4-8-19/h2-4,7-12,14,18H,5-6,13,15H2,1H3/t18-/m0/s1. The molecular weight excluding hydrogens is 405 g/mol. The minimum atomic E-state index is -3.50. The molecule has 1 aliphatic heterocycles. The molecule has 2 heterocycles. The second-order valence-corrected chi connectivity index (χ2v) is 9.47. The van der Waals surface area contributed by atoms with Gasteiger partial charge >= 0.3 is 0 Å². The molecule has 0 aliphatic carbocycles. The van der Waals surface area contributed by atoms with Crippen LogP contribution in [0.5, 0.6) is 0 Å². The molecule has 1 aliphatic rings. The summed E-state index contributed by atoms with van der Waals surface area (Å²) < 4.78 is 40.3. The Morgan fingerprint density at radius 3 is 2.53 bits per heavy atom. The third kappa shape index (κ3) is 4.00. The van der Waals surface area contributed by atoms with Gasteiger partial charge in [0.25, 0.3) is 5.91 Å². The molecule has 0 N–H and O–H groups in total. The first-order valence-corrected chi connectivity index (χ1v) is 11.4. The van der Waals surface area contributed by atoms with Crippen molar-refractivity contribution in [3.05, 3.63) is 72.2 Å². The Kier molecular flexibility index (Phi) is 5.42. The van der Waals surface area contributed by atoms with E-state index in [0.717, 1.165) is 6.42 Å². The minimum absolute atomic E-state index is 0.106. The van der Waals surface area contributed by atoms with E-state index in [1.807, 2.05) is 0 Å². The largest absolute Gasteiger partial charge is 0.333 e. The van der Waals surface area contributed by atoms with Crippen molar-refractivity contribution in [1.82, 2.24) is 14.7 Å². The van der Waals surface area contributed by atoms with Gasteiger partial charge < -0.3 is 4.90 Å². The van der Waals surface area contributed by atoms with Crippen LogP contribution in [0.25, 0.3) is 11.3 Å². The predicted octanol–water partition coefficient (Wildman–Crippen LogP) is 3.30.